The smallest absolute Gasteiger partial charge is 0.373 e. The lowest BCUT2D eigenvalue weighted by molar-refractivity contribution is -0.154. The van der Waals surface area contributed by atoms with E-state index < -0.39 is 21.7 Å². The number of hydrogen-bond acceptors (Lipinski definition) is 5. The molecule has 2 aliphatic rings. The molecule has 5 rings (SSSR count). The highest BCUT2D eigenvalue weighted by molar-refractivity contribution is 9.10. The Kier molecular flexibility index (Phi) is 6.07. The SMILES string of the molecule is COC(=O)C1=C[C@H](c2ccc(Br)cc2)C[C@]2(O1)c1ccccc1CN2S(=O)(=O)c1ccc(C)cc1. The van der Waals surface area contributed by atoms with Gasteiger partial charge in [0, 0.05) is 28.9 Å². The quantitative estimate of drug-likeness (QED) is 0.406. The summed E-state index contributed by atoms with van der Waals surface area (Å²) in [6.07, 6.45) is 2.02. The molecule has 0 aromatic heterocycles. The third-order valence-corrected chi connectivity index (χ3v) is 8.98. The van der Waals surface area contributed by atoms with E-state index in [-0.39, 0.29) is 23.1 Å². The maximum Gasteiger partial charge on any atom is 0.373 e. The van der Waals surface area contributed by atoms with Crippen LogP contribution in [0.4, 0.5) is 0 Å². The number of benzene rings is 3. The number of halogens is 1. The normalized spacial score (nSPS) is 21.8. The van der Waals surface area contributed by atoms with E-state index in [2.05, 4.69) is 15.9 Å². The topological polar surface area (TPSA) is 72.9 Å². The van der Waals surface area contributed by atoms with Gasteiger partial charge in [-0.3, -0.25) is 0 Å². The second-order valence-electron chi connectivity index (χ2n) is 8.75. The van der Waals surface area contributed by atoms with Crippen LogP contribution in [0.2, 0.25) is 0 Å². The summed E-state index contributed by atoms with van der Waals surface area (Å²) in [7, 11) is -2.69. The average Bonchev–Trinajstić information content (AvgIpc) is 3.18. The van der Waals surface area contributed by atoms with Gasteiger partial charge in [0.2, 0.25) is 21.5 Å². The van der Waals surface area contributed by atoms with Crippen molar-refractivity contribution in [3.63, 3.8) is 0 Å². The van der Waals surface area contributed by atoms with E-state index in [1.807, 2.05) is 55.5 Å². The standard InChI is InChI=1S/C27H24BrNO5S/c1-18-7-13-23(14-8-18)35(31,32)29-17-20-5-3-4-6-24(20)27(29)16-21(15-25(34-27)26(30)33-2)19-9-11-22(28)12-10-19/h3-15,21H,16-17H2,1-2H3/t21-,27-/m0/s1. The Morgan fingerprint density at radius 3 is 2.43 bits per heavy atom. The van der Waals surface area contributed by atoms with Gasteiger partial charge in [-0.25, -0.2) is 13.2 Å². The van der Waals surface area contributed by atoms with Gasteiger partial charge in [0.05, 0.1) is 12.0 Å². The van der Waals surface area contributed by atoms with Gasteiger partial charge in [-0.15, -0.1) is 4.31 Å². The summed E-state index contributed by atoms with van der Waals surface area (Å²) in [4.78, 5) is 12.9. The maximum absolute atomic E-state index is 14.0. The Balaban J connectivity index is 1.69. The number of sulfonamides is 1. The zero-order valence-corrected chi connectivity index (χ0v) is 21.7. The number of nitrogens with zero attached hydrogens (tertiary/aromatic N) is 1. The van der Waals surface area contributed by atoms with Crippen LogP contribution in [-0.4, -0.2) is 25.8 Å². The minimum Gasteiger partial charge on any atom is -0.463 e. The van der Waals surface area contributed by atoms with E-state index in [9.17, 15) is 13.2 Å². The molecule has 3 aromatic rings. The lowest BCUT2D eigenvalue weighted by atomic mass is 9.84. The van der Waals surface area contributed by atoms with Crippen LogP contribution >= 0.6 is 15.9 Å². The minimum absolute atomic E-state index is 0.00696. The highest BCUT2D eigenvalue weighted by Gasteiger charge is 2.56. The molecule has 0 fully saturated rings. The third-order valence-electron chi connectivity index (χ3n) is 6.58. The Morgan fingerprint density at radius 1 is 1.06 bits per heavy atom. The van der Waals surface area contributed by atoms with Crippen LogP contribution < -0.4 is 0 Å². The molecule has 0 saturated heterocycles. The van der Waals surface area contributed by atoms with Gasteiger partial charge in [0.15, 0.2) is 0 Å². The molecule has 2 aliphatic heterocycles. The van der Waals surface area contributed by atoms with Crippen molar-refractivity contribution in [3.8, 4) is 0 Å². The van der Waals surface area contributed by atoms with E-state index in [1.165, 1.54) is 11.4 Å². The van der Waals surface area contributed by atoms with E-state index in [0.29, 0.717) is 6.42 Å². The summed E-state index contributed by atoms with van der Waals surface area (Å²) in [5.74, 6) is -0.941. The Hall–Kier alpha value is -2.94. The second-order valence-corrected chi connectivity index (χ2v) is 11.5. The van der Waals surface area contributed by atoms with Gasteiger partial charge in [0.25, 0.3) is 0 Å². The molecule has 2 heterocycles. The summed E-state index contributed by atoms with van der Waals surface area (Å²) >= 11 is 3.46. The molecule has 0 radical (unpaired) electrons. The van der Waals surface area contributed by atoms with Crippen molar-refractivity contribution in [2.45, 2.75) is 36.4 Å². The summed E-state index contributed by atoms with van der Waals surface area (Å²) < 4.78 is 41.7. The van der Waals surface area contributed by atoms with Crippen LogP contribution in [0, 0.1) is 6.92 Å². The first-order valence-electron chi connectivity index (χ1n) is 11.2. The lowest BCUT2D eigenvalue weighted by Crippen LogP contribution is -2.49. The van der Waals surface area contributed by atoms with Crippen LogP contribution in [0.5, 0.6) is 0 Å². The van der Waals surface area contributed by atoms with Crippen molar-refractivity contribution in [1.29, 1.82) is 0 Å². The van der Waals surface area contributed by atoms with Crippen molar-refractivity contribution in [2.24, 2.45) is 0 Å². The van der Waals surface area contributed by atoms with Crippen molar-refractivity contribution in [1.82, 2.24) is 4.31 Å². The van der Waals surface area contributed by atoms with Crippen molar-refractivity contribution >= 4 is 31.9 Å². The number of hydrogen-bond donors (Lipinski definition) is 0. The van der Waals surface area contributed by atoms with Gasteiger partial charge in [-0.1, -0.05) is 70.0 Å². The molecule has 0 aliphatic carbocycles. The monoisotopic (exact) mass is 553 g/mol. The van der Waals surface area contributed by atoms with E-state index in [0.717, 1.165) is 26.7 Å². The average molecular weight is 554 g/mol. The van der Waals surface area contributed by atoms with E-state index >= 15 is 0 Å². The Bertz CT molecular complexity index is 1420. The zero-order valence-electron chi connectivity index (χ0n) is 19.3. The first-order valence-corrected chi connectivity index (χ1v) is 13.4. The molecule has 8 heteroatoms. The van der Waals surface area contributed by atoms with Crippen molar-refractivity contribution < 1.29 is 22.7 Å². The highest BCUT2D eigenvalue weighted by atomic mass is 79.9. The zero-order chi connectivity index (χ0) is 24.8. The van der Waals surface area contributed by atoms with Gasteiger partial charge >= 0.3 is 5.97 Å². The number of fused-ring (bicyclic) bond motifs is 2. The van der Waals surface area contributed by atoms with Crippen LogP contribution in [0.3, 0.4) is 0 Å². The molecule has 0 saturated carbocycles. The number of carbonyl (C=O) groups excluding carboxylic acids is 1. The van der Waals surface area contributed by atoms with Gasteiger partial charge < -0.3 is 9.47 Å². The fraction of sp³-hybridized carbons (Fsp3) is 0.222. The van der Waals surface area contributed by atoms with E-state index in [4.69, 9.17) is 9.47 Å². The fourth-order valence-electron chi connectivity index (χ4n) is 4.82. The number of rotatable bonds is 4. The largest absolute Gasteiger partial charge is 0.463 e. The maximum atomic E-state index is 14.0. The van der Waals surface area contributed by atoms with Crippen LogP contribution in [0.25, 0.3) is 0 Å². The molecule has 180 valence electrons. The van der Waals surface area contributed by atoms with Crippen molar-refractivity contribution in [3.05, 3.63) is 111 Å². The predicted octanol–water partition coefficient (Wildman–Crippen LogP) is 5.38. The third kappa shape index (κ3) is 4.09. The number of methoxy groups -OCH3 is 1. The summed E-state index contributed by atoms with van der Waals surface area (Å²) in [6, 6.07) is 22.0. The molecule has 3 aromatic carbocycles. The Morgan fingerprint density at radius 2 is 1.74 bits per heavy atom. The fourth-order valence-corrected chi connectivity index (χ4v) is 6.73. The molecule has 2 atom stereocenters. The van der Waals surface area contributed by atoms with E-state index in [1.54, 1.807) is 30.3 Å². The second kappa shape index (κ2) is 8.93. The number of ether oxygens (including phenoxy) is 2. The number of aryl methyl sites for hydroxylation is 1. The summed E-state index contributed by atoms with van der Waals surface area (Å²) in [5.41, 5.74) is 2.06. The molecular formula is C27H24BrNO5S. The van der Waals surface area contributed by atoms with Gasteiger partial charge in [0.1, 0.15) is 0 Å². The summed E-state index contributed by atoms with van der Waals surface area (Å²) in [6.45, 7) is 2.04. The number of allylic oxidation sites excluding steroid dienone is 1. The molecule has 0 bridgehead atoms. The van der Waals surface area contributed by atoms with Gasteiger partial charge in [-0.05, 0) is 48.4 Å². The number of esters is 1. The number of carbonyl (C=O) groups is 1. The molecule has 35 heavy (non-hydrogen) atoms. The molecule has 6 nitrogen and oxygen atoms in total. The molecule has 0 unspecified atom stereocenters. The highest BCUT2D eigenvalue weighted by Crippen LogP contribution is 2.52. The lowest BCUT2D eigenvalue weighted by Gasteiger charge is -2.43. The Labute approximate surface area is 213 Å². The first kappa shape index (κ1) is 23.8. The van der Waals surface area contributed by atoms with Gasteiger partial charge in [-0.2, -0.15) is 0 Å². The van der Waals surface area contributed by atoms with Crippen LogP contribution in [0.1, 0.15) is 34.6 Å². The summed E-state index contributed by atoms with van der Waals surface area (Å²) in [5, 5.41) is 0. The molecular weight excluding hydrogens is 530 g/mol. The minimum atomic E-state index is -3.98. The first-order chi connectivity index (χ1) is 16.7. The van der Waals surface area contributed by atoms with Crippen LogP contribution in [0.15, 0.2) is 94.0 Å². The van der Waals surface area contributed by atoms with Crippen LogP contribution in [-0.2, 0) is 36.6 Å². The molecule has 0 N–H and O–H groups in total. The molecule has 0 amide bonds. The van der Waals surface area contributed by atoms with Crippen molar-refractivity contribution in [2.75, 3.05) is 7.11 Å². The molecule has 1 spiro atoms. The predicted molar refractivity (Wildman–Crippen MR) is 135 cm³/mol.